The zero-order valence-corrected chi connectivity index (χ0v) is 70.7. The molecule has 116 heavy (non-hydrogen) atoms. The van der Waals surface area contributed by atoms with Crippen LogP contribution in [0.4, 0.5) is 5.95 Å². The first-order valence-corrected chi connectivity index (χ1v) is 39.7. The van der Waals surface area contributed by atoms with Crippen LogP contribution in [-0.4, -0.2) is 194 Å². The van der Waals surface area contributed by atoms with Gasteiger partial charge in [-0.25, -0.2) is 29.9 Å². The van der Waals surface area contributed by atoms with E-state index in [-0.39, 0.29) is 79.7 Å². The van der Waals surface area contributed by atoms with E-state index in [2.05, 4.69) is 184 Å². The maximum absolute atomic E-state index is 12.3. The van der Waals surface area contributed by atoms with Crippen LogP contribution in [-0.2, 0) is 83.2 Å². The molecule has 0 saturated carbocycles. The molecule has 4 aliphatic rings. The lowest BCUT2D eigenvalue weighted by atomic mass is 10.1. The van der Waals surface area contributed by atoms with Gasteiger partial charge in [0, 0.05) is 160 Å². The van der Waals surface area contributed by atoms with Crippen molar-refractivity contribution in [1.29, 1.82) is 0 Å². The summed E-state index contributed by atoms with van der Waals surface area (Å²) in [6.45, 7) is 31.9. The molecular formula is C87H129Cl2N15O12. The van der Waals surface area contributed by atoms with Gasteiger partial charge in [0.05, 0.1) is 42.6 Å². The molecule has 0 radical (unpaired) electrons. The molecule has 1 amide bonds. The van der Waals surface area contributed by atoms with Gasteiger partial charge in [-0.2, -0.15) is 19.2 Å². The summed E-state index contributed by atoms with van der Waals surface area (Å²) in [6, 6.07) is 51.1. The number of aliphatic hydroxyl groups is 1. The zero-order chi connectivity index (χ0) is 83.5. The Kier molecular flexibility index (Phi) is 58.9. The van der Waals surface area contributed by atoms with E-state index in [1.54, 1.807) is 43.2 Å². The van der Waals surface area contributed by atoms with Crippen LogP contribution < -0.4 is 37.7 Å². The summed E-state index contributed by atoms with van der Waals surface area (Å²) >= 11 is 5.78. The highest BCUT2D eigenvalue weighted by Gasteiger charge is 2.25. The van der Waals surface area contributed by atoms with E-state index in [1.807, 2.05) is 60.4 Å². The molecule has 4 aromatic carbocycles. The second kappa shape index (κ2) is 65.1. The number of amides is 1. The van der Waals surface area contributed by atoms with Gasteiger partial charge in [-0.15, -0.1) is 12.4 Å². The SMILES string of the molecule is C.CC(CCO)NCc1ccccc1.CC1CCOCC(=O)N1Cc1ccccc1.CC1CCOCCN1.CC1CCOCCN1Cc1ccccc1.CC1CCOCCN1c1nc(-c2ccncn2)cc(=O)n1C.CCCC(C)N.CCCC(C)NCc1ccccc1.Cl.Cn1c(Cl)nc(-c2ccncn2)cc1=O.O=C=O.O=C=O. The number of hydrogen-bond acceptors (Lipinski definition) is 24. The van der Waals surface area contributed by atoms with Crippen molar-refractivity contribution in [1.82, 2.24) is 64.8 Å². The molecular weight excluding hydrogens is 1520 g/mol. The molecule has 7 atom stereocenters. The number of aliphatic hydroxyl groups excluding tert-OH is 1. The number of anilines is 1. The highest BCUT2D eigenvalue weighted by atomic mass is 35.5. The van der Waals surface area contributed by atoms with Crippen LogP contribution in [0.3, 0.4) is 0 Å². The predicted molar refractivity (Wildman–Crippen MR) is 459 cm³/mol. The Morgan fingerprint density at radius 2 is 0.991 bits per heavy atom. The number of nitrogens with two attached hydrogens (primary N) is 1. The number of nitrogens with one attached hydrogen (secondary N) is 3. The summed E-state index contributed by atoms with van der Waals surface area (Å²) in [5.41, 5.74) is 12.5. The smallest absolute Gasteiger partial charge is 0.373 e. The summed E-state index contributed by atoms with van der Waals surface area (Å²) in [5.74, 6) is 0.743. The van der Waals surface area contributed by atoms with Gasteiger partial charge >= 0.3 is 12.3 Å². The number of ether oxygens (including phenoxy) is 4. The minimum Gasteiger partial charge on any atom is -0.396 e. The average Bonchev–Trinajstić information content (AvgIpc) is 1.10. The molecule has 7 unspecified atom stereocenters. The first-order chi connectivity index (χ1) is 55.1. The van der Waals surface area contributed by atoms with Crippen molar-refractivity contribution in [2.75, 3.05) is 84.0 Å². The lowest BCUT2D eigenvalue weighted by Crippen LogP contribution is -2.38. The second-order valence-electron chi connectivity index (χ2n) is 27.7. The Bertz CT molecular complexity index is 3900. The maximum Gasteiger partial charge on any atom is 0.373 e. The standard InChI is InChI=1S/C15H19N5O2.C13H17NO2.C13H19NO.C12H19N.C11H17NO.C9H7ClN4O.C6H13NO.C5H13N.2CO2.CH4.ClH/c1-11-4-7-22-8-6-20(11)15-18-13(9-14(21)19(15)2)12-3-5-16-10-17-12;1-11-7-8-16-10-13(15)14(11)9-12-5-3-2-4-6-12;1-12-7-9-15-10-8-14(12)11-13-5-3-2-4-6-13;1-3-7-11(2)13-10-12-8-5-4-6-9-12;1-10(7-8-13)12-9-11-5-3-2-4-6-11;1-14-8(15)4-7(13-9(14)10)6-2-3-11-5-12-6;1-6-2-4-8-5-3-7-6;1-3-4-5(2)6;2*2-1-3;;/h3,5,9-11H,4,6-8H2,1-2H3;2-6,11H,7-10H2,1H3;2-6,12H,7-11H2,1H3;4-6,8-9,11,13H,3,7,10H2,1-2H3;2-6,10,12-13H,7-9H2,1H3;2-5H,1H3;6-7H,2-5H2,1H3;5H,3-4,6H2,1-2H3;;;1H4;1H. The Balaban J connectivity index is 0.000000667. The highest BCUT2D eigenvalue weighted by Crippen LogP contribution is 2.22. The van der Waals surface area contributed by atoms with Crippen molar-refractivity contribution < 1.29 is 48.0 Å². The second-order valence-corrected chi connectivity index (χ2v) is 28.0. The molecule has 4 fully saturated rings. The molecule has 27 nitrogen and oxygen atoms in total. The van der Waals surface area contributed by atoms with E-state index >= 15 is 0 Å². The van der Waals surface area contributed by atoms with E-state index in [0.29, 0.717) is 85.2 Å². The fraction of sp³-hybridized carbons (Fsp3) is 0.506. The predicted octanol–water partition coefficient (Wildman–Crippen LogP) is 11.8. The molecule has 4 saturated heterocycles. The topological polar surface area (TPSA) is 336 Å². The number of carbonyl (C=O) groups excluding carboxylic acids is 5. The monoisotopic (exact) mass is 1650 g/mol. The maximum atomic E-state index is 12.3. The molecule has 0 spiro atoms. The number of carbonyl (C=O) groups is 1. The van der Waals surface area contributed by atoms with Crippen LogP contribution >= 0.6 is 24.0 Å². The summed E-state index contributed by atoms with van der Waals surface area (Å²) in [4.78, 5) is 99.1. The fourth-order valence-corrected chi connectivity index (χ4v) is 11.6. The van der Waals surface area contributed by atoms with Crippen molar-refractivity contribution in [2.24, 2.45) is 19.8 Å². The van der Waals surface area contributed by atoms with Crippen LogP contribution in [0.5, 0.6) is 0 Å². The minimum atomic E-state index is -0.219. The molecule has 4 aliphatic heterocycles. The number of aromatic nitrogens is 8. The number of benzene rings is 4. The lowest BCUT2D eigenvalue weighted by Gasteiger charge is -2.29. The van der Waals surface area contributed by atoms with Gasteiger partial charge < -0.3 is 55.5 Å². The van der Waals surface area contributed by atoms with Crippen molar-refractivity contribution >= 4 is 48.2 Å². The summed E-state index contributed by atoms with van der Waals surface area (Å²) in [7, 11) is 3.30. The third kappa shape index (κ3) is 45.5. The molecule has 12 rings (SSSR count). The van der Waals surface area contributed by atoms with Gasteiger partial charge in [0.1, 0.15) is 19.3 Å². The van der Waals surface area contributed by atoms with E-state index < -0.39 is 0 Å². The van der Waals surface area contributed by atoms with Gasteiger partial charge in [-0.3, -0.25) is 28.4 Å². The fourth-order valence-electron chi connectivity index (χ4n) is 11.5. The van der Waals surface area contributed by atoms with Crippen molar-refractivity contribution in [3.8, 4) is 22.8 Å². The third-order valence-electron chi connectivity index (χ3n) is 18.3. The van der Waals surface area contributed by atoms with E-state index in [9.17, 15) is 14.4 Å². The Hall–Kier alpha value is -8.99. The van der Waals surface area contributed by atoms with E-state index in [4.69, 9.17) is 60.6 Å². The summed E-state index contributed by atoms with van der Waals surface area (Å²) < 4.78 is 24.3. The average molecular weight is 1650 g/mol. The number of halogens is 2. The van der Waals surface area contributed by atoms with Crippen molar-refractivity contribution in [2.45, 2.75) is 196 Å². The Morgan fingerprint density at radius 3 is 1.47 bits per heavy atom. The first-order valence-electron chi connectivity index (χ1n) is 39.3. The van der Waals surface area contributed by atoms with E-state index in [1.165, 1.54) is 70.9 Å². The quantitative estimate of drug-likeness (QED) is 0.0470. The molecule has 0 bridgehead atoms. The van der Waals surface area contributed by atoms with Crippen molar-refractivity contribution in [3.63, 3.8) is 0 Å². The minimum absolute atomic E-state index is 0. The van der Waals surface area contributed by atoms with Gasteiger partial charge in [0.2, 0.25) is 17.1 Å². The molecule has 29 heteroatoms. The normalized spacial score (nSPS) is 17.0. The molecule has 0 aliphatic carbocycles. The molecule has 8 aromatic rings. The van der Waals surface area contributed by atoms with Gasteiger partial charge in [0.15, 0.2) is 0 Å². The van der Waals surface area contributed by atoms with Gasteiger partial charge in [-0.1, -0.05) is 155 Å². The van der Waals surface area contributed by atoms with Gasteiger partial charge in [0.25, 0.3) is 11.1 Å². The summed E-state index contributed by atoms with van der Waals surface area (Å²) in [5, 5.41) is 19.0. The highest BCUT2D eigenvalue weighted by molar-refractivity contribution is 6.28. The van der Waals surface area contributed by atoms with Crippen LogP contribution in [0.15, 0.2) is 180 Å². The molecule has 638 valence electrons. The van der Waals surface area contributed by atoms with Crippen LogP contribution in [0.2, 0.25) is 5.28 Å². The van der Waals surface area contributed by atoms with Crippen LogP contribution in [0.1, 0.15) is 150 Å². The summed E-state index contributed by atoms with van der Waals surface area (Å²) in [6.07, 6.45) is 16.4. The van der Waals surface area contributed by atoms with Crippen LogP contribution in [0, 0.1) is 0 Å². The first kappa shape index (κ1) is 105. The number of hydrogen-bond donors (Lipinski definition) is 5. The van der Waals surface area contributed by atoms with Gasteiger partial charge in [-0.05, 0) is 139 Å². The number of rotatable bonds is 19. The Labute approximate surface area is 698 Å². The molecule has 4 aromatic heterocycles. The largest absolute Gasteiger partial charge is 0.396 e. The Morgan fingerprint density at radius 1 is 0.552 bits per heavy atom. The molecule has 8 heterocycles. The van der Waals surface area contributed by atoms with Crippen molar-refractivity contribution in [3.05, 3.63) is 219 Å². The third-order valence-corrected chi connectivity index (χ3v) is 18.6. The van der Waals surface area contributed by atoms with E-state index in [0.717, 1.165) is 104 Å². The lowest BCUT2D eigenvalue weighted by molar-refractivity contribution is -0.193. The number of nitrogens with zero attached hydrogens (tertiary/aromatic N) is 11. The zero-order valence-electron chi connectivity index (χ0n) is 69.1. The molecule has 6 N–H and O–H groups in total. The van der Waals surface area contributed by atoms with Crippen LogP contribution in [0.25, 0.3) is 22.8 Å².